The first-order chi connectivity index (χ1) is 25.7. The number of nitrogens with zero attached hydrogens (tertiary/aromatic N) is 6. The molecular weight excluding hydrogens is 677 g/mol. The van der Waals surface area contributed by atoms with Crippen molar-refractivity contribution >= 4 is 36.2 Å². The molecule has 0 fully saturated rings. The fourth-order valence-electron chi connectivity index (χ4n) is 5.35. The van der Waals surface area contributed by atoms with Gasteiger partial charge in [0.05, 0.1) is 24.2 Å². The van der Waals surface area contributed by atoms with Crippen molar-refractivity contribution in [2.45, 2.75) is 66.5 Å². The molecule has 0 unspecified atom stereocenters. The molecule has 0 aliphatic rings. The molecule has 0 saturated carbocycles. The van der Waals surface area contributed by atoms with E-state index in [1.54, 1.807) is 61.3 Å². The predicted octanol–water partition coefficient (Wildman–Crippen LogP) is 8.52. The van der Waals surface area contributed by atoms with Gasteiger partial charge in [-0.2, -0.15) is 0 Å². The van der Waals surface area contributed by atoms with Crippen LogP contribution in [0.15, 0.2) is 105 Å². The summed E-state index contributed by atoms with van der Waals surface area (Å²) in [6.07, 6.45) is 6.69. The maximum absolute atomic E-state index is 10.3. The number of aromatic hydroxyl groups is 4. The van der Waals surface area contributed by atoms with Gasteiger partial charge in [0, 0.05) is 96.8 Å². The van der Waals surface area contributed by atoms with Gasteiger partial charge in [0.25, 0.3) is 0 Å². The van der Waals surface area contributed by atoms with E-state index in [1.807, 2.05) is 76.2 Å². The van der Waals surface area contributed by atoms with E-state index in [-0.39, 0.29) is 23.0 Å². The molecule has 0 aromatic heterocycles. The molecule has 0 atom stereocenters. The van der Waals surface area contributed by atoms with Gasteiger partial charge >= 0.3 is 0 Å². The summed E-state index contributed by atoms with van der Waals surface area (Å²) in [7, 11) is 0. The van der Waals surface area contributed by atoms with Crippen LogP contribution in [0.3, 0.4) is 0 Å². The third-order valence-corrected chi connectivity index (χ3v) is 8.68. The third kappa shape index (κ3) is 13.4. The minimum Gasteiger partial charge on any atom is -0.507 e. The Balaban J connectivity index is 0.000000290. The summed E-state index contributed by atoms with van der Waals surface area (Å²) in [4.78, 5) is 22.3. The maximum atomic E-state index is 10.3. The number of phenolic OH excluding ortho intramolecular Hbond substituents is 4. The zero-order chi connectivity index (χ0) is 39.7. The van der Waals surface area contributed by atoms with Gasteiger partial charge in [0.15, 0.2) is 0 Å². The first-order valence-electron chi connectivity index (χ1n) is 18.5. The summed E-state index contributed by atoms with van der Waals surface area (Å²) in [5, 5.41) is 40.2. The first kappa shape index (κ1) is 42.8. The van der Waals surface area contributed by atoms with E-state index in [0.29, 0.717) is 35.3 Å². The Hall–Kier alpha value is -5.64. The number of benzene rings is 4. The highest BCUT2D eigenvalue weighted by Gasteiger charge is 2.16. The molecule has 0 amide bonds. The Morgan fingerprint density at radius 1 is 0.463 bits per heavy atom. The molecule has 4 aromatic rings. The fraction of sp³-hybridized carbons (Fsp3) is 0.364. The first-order valence-corrected chi connectivity index (χ1v) is 18.5. The van der Waals surface area contributed by atoms with Crippen molar-refractivity contribution in [3.63, 3.8) is 0 Å². The average Bonchev–Trinajstić information content (AvgIpc) is 3.14. The molecule has 4 rings (SSSR count). The van der Waals surface area contributed by atoms with Crippen LogP contribution in [0.1, 0.15) is 77.6 Å². The highest BCUT2D eigenvalue weighted by molar-refractivity contribution is 5.86. The van der Waals surface area contributed by atoms with Gasteiger partial charge in [-0.1, -0.05) is 24.3 Å². The van der Waals surface area contributed by atoms with Crippen LogP contribution in [0.4, 0.5) is 11.4 Å². The van der Waals surface area contributed by atoms with Crippen LogP contribution in [-0.4, -0.2) is 95.6 Å². The van der Waals surface area contributed by atoms with Crippen LogP contribution in [-0.2, 0) is 0 Å². The molecule has 10 heteroatoms. The smallest absolute Gasteiger partial charge is 0.126 e. The number of anilines is 2. The largest absolute Gasteiger partial charge is 0.507 e. The van der Waals surface area contributed by atoms with Crippen LogP contribution in [0.25, 0.3) is 0 Å². The molecule has 0 bridgehead atoms. The maximum Gasteiger partial charge on any atom is 0.126 e. The number of aliphatic imine (C=N–C) groups is 4. The number of hydrogen-bond donors (Lipinski definition) is 4. The van der Waals surface area contributed by atoms with Crippen LogP contribution >= 0.6 is 0 Å². The highest BCUT2D eigenvalue weighted by atomic mass is 16.3. The van der Waals surface area contributed by atoms with Crippen molar-refractivity contribution in [1.29, 1.82) is 0 Å². The molecular formula is C44H58N6O4. The monoisotopic (exact) mass is 734 g/mol. The summed E-state index contributed by atoms with van der Waals surface area (Å²) >= 11 is 0. The summed E-state index contributed by atoms with van der Waals surface area (Å²) in [5.74, 6) is 0.856. The standard InChI is InChI=1S/2C22H29N3O2/c2*1-5-25(6-2)19-12-11-18(21(27)13-19)14-23-16-22(3,4)24-15-17-9-7-8-10-20(17)26/h2*7-15,26-27H,5-6,16H2,1-4H3. The van der Waals surface area contributed by atoms with E-state index in [1.165, 1.54) is 0 Å². The Kier molecular flexibility index (Phi) is 16.3. The van der Waals surface area contributed by atoms with Gasteiger partial charge in [-0.25, -0.2) is 0 Å². The predicted molar refractivity (Wildman–Crippen MR) is 228 cm³/mol. The lowest BCUT2D eigenvalue weighted by Crippen LogP contribution is -2.22. The third-order valence-electron chi connectivity index (χ3n) is 8.68. The number of para-hydroxylation sites is 2. The van der Waals surface area contributed by atoms with Crippen molar-refractivity contribution in [1.82, 2.24) is 0 Å². The fourth-order valence-corrected chi connectivity index (χ4v) is 5.35. The van der Waals surface area contributed by atoms with Gasteiger partial charge in [0.2, 0.25) is 0 Å². The van der Waals surface area contributed by atoms with Crippen molar-refractivity contribution in [3.8, 4) is 23.0 Å². The van der Waals surface area contributed by atoms with Crippen molar-refractivity contribution in [3.05, 3.63) is 107 Å². The molecule has 0 saturated heterocycles. The zero-order valence-corrected chi connectivity index (χ0v) is 33.1. The molecule has 4 aromatic carbocycles. The number of hydrogen-bond acceptors (Lipinski definition) is 10. The lowest BCUT2D eigenvalue weighted by molar-refractivity contribution is 0.473. The topological polar surface area (TPSA) is 137 Å². The quantitative estimate of drug-likeness (QED) is 0.0853. The Labute approximate surface area is 321 Å². The molecule has 10 nitrogen and oxygen atoms in total. The molecule has 4 N–H and O–H groups in total. The summed E-state index contributed by atoms with van der Waals surface area (Å²) < 4.78 is 0. The second-order valence-corrected chi connectivity index (χ2v) is 14.0. The lowest BCUT2D eigenvalue weighted by Gasteiger charge is -2.21. The number of rotatable bonds is 16. The van der Waals surface area contributed by atoms with E-state index in [0.717, 1.165) is 37.6 Å². The second-order valence-electron chi connectivity index (χ2n) is 14.0. The van der Waals surface area contributed by atoms with E-state index in [4.69, 9.17) is 0 Å². The summed E-state index contributed by atoms with van der Waals surface area (Å²) in [6, 6.07) is 25.5. The molecule has 0 heterocycles. The van der Waals surface area contributed by atoms with Crippen molar-refractivity contribution in [2.24, 2.45) is 20.0 Å². The van der Waals surface area contributed by atoms with Crippen molar-refractivity contribution in [2.75, 3.05) is 49.1 Å². The SMILES string of the molecule is CCN(CC)c1ccc(C=NCC(C)(C)N=Cc2ccccc2O)c(O)c1.CCN(CC)c1ccc(C=NCC(C)(C)N=Cc2ccccc2O)c(O)c1. The molecule has 0 aliphatic heterocycles. The molecule has 0 spiro atoms. The van der Waals surface area contributed by atoms with Crippen LogP contribution in [0, 0.1) is 0 Å². The molecule has 54 heavy (non-hydrogen) atoms. The van der Waals surface area contributed by atoms with E-state index in [9.17, 15) is 20.4 Å². The van der Waals surface area contributed by atoms with Gasteiger partial charge in [-0.05, 0) is 104 Å². The van der Waals surface area contributed by atoms with E-state index < -0.39 is 11.1 Å². The normalized spacial score (nSPS) is 12.1. The Morgan fingerprint density at radius 3 is 1.11 bits per heavy atom. The summed E-state index contributed by atoms with van der Waals surface area (Å²) in [6.45, 7) is 20.8. The van der Waals surface area contributed by atoms with Crippen molar-refractivity contribution < 1.29 is 20.4 Å². The molecule has 288 valence electrons. The molecule has 0 radical (unpaired) electrons. The summed E-state index contributed by atoms with van der Waals surface area (Å²) in [5.41, 5.74) is 3.89. The van der Waals surface area contributed by atoms with Gasteiger partial charge in [-0.15, -0.1) is 0 Å². The second kappa shape index (κ2) is 20.6. The van der Waals surface area contributed by atoms with Gasteiger partial charge < -0.3 is 30.2 Å². The van der Waals surface area contributed by atoms with Gasteiger partial charge in [-0.3, -0.25) is 20.0 Å². The van der Waals surface area contributed by atoms with E-state index in [2.05, 4.69) is 57.5 Å². The Bertz CT molecular complexity index is 1750. The highest BCUT2D eigenvalue weighted by Crippen LogP contribution is 2.25. The van der Waals surface area contributed by atoms with Gasteiger partial charge in [0.1, 0.15) is 23.0 Å². The number of phenols is 4. The van der Waals surface area contributed by atoms with Crippen LogP contribution in [0.5, 0.6) is 23.0 Å². The minimum atomic E-state index is -0.421. The Morgan fingerprint density at radius 2 is 0.796 bits per heavy atom. The minimum absolute atomic E-state index is 0.207. The van der Waals surface area contributed by atoms with Crippen LogP contribution in [0.2, 0.25) is 0 Å². The zero-order valence-electron chi connectivity index (χ0n) is 33.1. The molecule has 0 aliphatic carbocycles. The average molecular weight is 735 g/mol. The van der Waals surface area contributed by atoms with Crippen LogP contribution < -0.4 is 9.80 Å². The lowest BCUT2D eigenvalue weighted by atomic mass is 10.1. The van der Waals surface area contributed by atoms with E-state index >= 15 is 0 Å².